The molecule has 2 aromatic heterocycles. The van der Waals surface area contributed by atoms with Crippen LogP contribution in [0.4, 0.5) is 5.82 Å². The summed E-state index contributed by atoms with van der Waals surface area (Å²) in [5.74, 6) is 2.04. The molecule has 0 unspecified atom stereocenters. The fourth-order valence-corrected chi connectivity index (χ4v) is 4.21. The average Bonchev–Trinajstić information content (AvgIpc) is 2.98. The average molecular weight is 346 g/mol. The number of carbonyl (C=O) groups is 1. The number of thioether (sulfide) groups is 1. The molecule has 1 N–H and O–H groups in total. The molecule has 4 rings (SSSR count). The maximum Gasteiger partial charge on any atom is 0.235 e. The highest BCUT2D eigenvalue weighted by atomic mass is 32.2. The first-order valence-electron chi connectivity index (χ1n) is 8.60. The lowest BCUT2D eigenvalue weighted by Crippen LogP contribution is -2.19. The fraction of sp³-hybridized carbons (Fsp3) is 0.625. The molecule has 0 saturated heterocycles. The summed E-state index contributed by atoms with van der Waals surface area (Å²) in [6, 6.07) is 2.82. The molecule has 7 nitrogen and oxygen atoms in total. The highest BCUT2D eigenvalue weighted by Crippen LogP contribution is 2.38. The monoisotopic (exact) mass is 346 g/mol. The lowest BCUT2D eigenvalue weighted by molar-refractivity contribution is -0.113. The van der Waals surface area contributed by atoms with E-state index in [4.69, 9.17) is 0 Å². The Morgan fingerprint density at radius 1 is 1.25 bits per heavy atom. The first kappa shape index (κ1) is 15.7. The van der Waals surface area contributed by atoms with Crippen LogP contribution in [0.15, 0.2) is 17.4 Å². The van der Waals surface area contributed by atoms with Crippen LogP contribution in [-0.4, -0.2) is 36.2 Å². The molecule has 24 heavy (non-hydrogen) atoms. The zero-order valence-corrected chi connectivity index (χ0v) is 14.6. The molecule has 0 spiro atoms. The van der Waals surface area contributed by atoms with Crippen molar-refractivity contribution >= 4 is 23.5 Å². The van der Waals surface area contributed by atoms with Crippen LogP contribution in [0.25, 0.3) is 0 Å². The van der Waals surface area contributed by atoms with Crippen LogP contribution in [0, 0.1) is 6.92 Å². The smallest absolute Gasteiger partial charge is 0.235 e. The van der Waals surface area contributed by atoms with E-state index in [0.29, 0.717) is 17.8 Å². The van der Waals surface area contributed by atoms with Gasteiger partial charge in [-0.05, 0) is 32.6 Å². The molecule has 0 bridgehead atoms. The summed E-state index contributed by atoms with van der Waals surface area (Å²) in [5, 5.41) is 16.6. The summed E-state index contributed by atoms with van der Waals surface area (Å²) in [4.78, 5) is 12.3. The van der Waals surface area contributed by atoms with Crippen molar-refractivity contribution in [1.29, 1.82) is 0 Å². The van der Waals surface area contributed by atoms with Gasteiger partial charge in [0, 0.05) is 12.1 Å². The second-order valence-corrected chi connectivity index (χ2v) is 7.51. The summed E-state index contributed by atoms with van der Waals surface area (Å²) in [5.41, 5.74) is 0. The first-order valence-corrected chi connectivity index (χ1v) is 9.58. The molecular formula is C16H22N6OS. The Morgan fingerprint density at radius 2 is 2.04 bits per heavy atom. The minimum absolute atomic E-state index is 0.0252. The van der Waals surface area contributed by atoms with Gasteiger partial charge in [0.2, 0.25) is 5.91 Å². The van der Waals surface area contributed by atoms with E-state index in [0.717, 1.165) is 29.6 Å². The third kappa shape index (κ3) is 3.19. The zero-order valence-electron chi connectivity index (χ0n) is 13.8. The molecule has 2 saturated carbocycles. The molecule has 2 aliphatic carbocycles. The van der Waals surface area contributed by atoms with Gasteiger partial charge < -0.3 is 9.88 Å². The molecule has 2 aromatic rings. The number of nitrogens with one attached hydrogen (secondary N) is 1. The predicted molar refractivity (Wildman–Crippen MR) is 92.1 cm³/mol. The Kier molecular flexibility index (Phi) is 4.30. The first-order chi connectivity index (χ1) is 11.7. The summed E-state index contributed by atoms with van der Waals surface area (Å²) >= 11 is 1.45. The zero-order chi connectivity index (χ0) is 16.5. The Hall–Kier alpha value is -1.83. The summed E-state index contributed by atoms with van der Waals surface area (Å²) in [6.45, 7) is 1.97. The quantitative estimate of drug-likeness (QED) is 0.814. The van der Waals surface area contributed by atoms with Crippen LogP contribution < -0.4 is 5.32 Å². The topological polar surface area (TPSA) is 77.6 Å². The number of carbonyl (C=O) groups excluding carboxylic acids is 1. The van der Waals surface area contributed by atoms with Gasteiger partial charge >= 0.3 is 0 Å². The highest BCUT2D eigenvalue weighted by molar-refractivity contribution is 7.99. The Bertz CT molecular complexity index is 729. The molecule has 0 aromatic carbocycles. The maximum atomic E-state index is 12.3. The van der Waals surface area contributed by atoms with Crippen molar-refractivity contribution in [3.8, 4) is 0 Å². The second-order valence-electron chi connectivity index (χ2n) is 6.57. The van der Waals surface area contributed by atoms with Crippen LogP contribution in [0.2, 0.25) is 0 Å². The van der Waals surface area contributed by atoms with Gasteiger partial charge in [-0.15, -0.1) is 10.2 Å². The molecular weight excluding hydrogens is 324 g/mol. The van der Waals surface area contributed by atoms with Gasteiger partial charge in [-0.1, -0.05) is 24.6 Å². The van der Waals surface area contributed by atoms with Gasteiger partial charge in [0.25, 0.3) is 0 Å². The van der Waals surface area contributed by atoms with Gasteiger partial charge in [0.05, 0.1) is 18.0 Å². The van der Waals surface area contributed by atoms with Crippen molar-refractivity contribution in [3.63, 3.8) is 0 Å². The number of hydrogen-bond donors (Lipinski definition) is 1. The van der Waals surface area contributed by atoms with Crippen LogP contribution in [0.1, 0.15) is 56.4 Å². The molecule has 128 valence electrons. The van der Waals surface area contributed by atoms with Crippen LogP contribution in [0.5, 0.6) is 0 Å². The number of amides is 1. The molecule has 8 heteroatoms. The fourth-order valence-electron chi connectivity index (χ4n) is 3.36. The third-order valence-electron chi connectivity index (χ3n) is 4.69. The standard InChI is InChI=1S/C16H22N6OS/c1-11-19-20-16(21(11)12-6-7-12)24-10-15(23)18-14-8-9-17-22(14)13-4-2-3-5-13/h8-9,12-13H,2-7,10H2,1H3,(H,18,23). The number of nitrogens with zero attached hydrogens (tertiary/aromatic N) is 5. The normalized spacial score (nSPS) is 18.2. The second kappa shape index (κ2) is 6.58. The van der Waals surface area contributed by atoms with E-state index < -0.39 is 0 Å². The van der Waals surface area contributed by atoms with Gasteiger partial charge in [-0.25, -0.2) is 4.68 Å². The molecule has 2 fully saturated rings. The van der Waals surface area contributed by atoms with Crippen molar-refractivity contribution < 1.29 is 4.79 Å². The van der Waals surface area contributed by atoms with Gasteiger partial charge in [-0.3, -0.25) is 4.79 Å². The van der Waals surface area contributed by atoms with Gasteiger partial charge in [0.15, 0.2) is 5.16 Å². The van der Waals surface area contributed by atoms with Crippen molar-refractivity contribution in [2.45, 2.75) is 62.7 Å². The molecule has 0 radical (unpaired) electrons. The van der Waals surface area contributed by atoms with Crippen molar-refractivity contribution in [1.82, 2.24) is 24.5 Å². The van der Waals surface area contributed by atoms with Crippen molar-refractivity contribution in [2.75, 3.05) is 11.1 Å². The molecule has 0 aliphatic heterocycles. The number of aromatic nitrogens is 5. The number of aryl methyl sites for hydroxylation is 1. The predicted octanol–water partition coefficient (Wildman–Crippen LogP) is 2.96. The Balaban J connectivity index is 1.37. The number of anilines is 1. The van der Waals surface area contributed by atoms with Crippen LogP contribution >= 0.6 is 11.8 Å². The lowest BCUT2D eigenvalue weighted by atomic mass is 10.2. The van der Waals surface area contributed by atoms with Crippen molar-refractivity contribution in [3.05, 3.63) is 18.1 Å². The molecule has 2 heterocycles. The van der Waals surface area contributed by atoms with E-state index >= 15 is 0 Å². The van der Waals surface area contributed by atoms with Gasteiger partial charge in [-0.2, -0.15) is 5.10 Å². The van der Waals surface area contributed by atoms with E-state index in [1.807, 2.05) is 17.7 Å². The number of rotatable bonds is 6. The SMILES string of the molecule is Cc1nnc(SCC(=O)Nc2ccnn2C2CCCC2)n1C1CC1. The summed E-state index contributed by atoms with van der Waals surface area (Å²) in [7, 11) is 0. The Labute approximate surface area is 145 Å². The molecule has 0 atom stereocenters. The lowest BCUT2D eigenvalue weighted by Gasteiger charge is -2.14. The van der Waals surface area contributed by atoms with E-state index in [9.17, 15) is 4.79 Å². The third-order valence-corrected chi connectivity index (χ3v) is 5.63. The minimum atomic E-state index is -0.0252. The Morgan fingerprint density at radius 3 is 2.79 bits per heavy atom. The van der Waals surface area contributed by atoms with E-state index in [-0.39, 0.29) is 5.91 Å². The van der Waals surface area contributed by atoms with Crippen molar-refractivity contribution in [2.24, 2.45) is 0 Å². The summed E-state index contributed by atoms with van der Waals surface area (Å²) in [6.07, 6.45) is 8.88. The highest BCUT2D eigenvalue weighted by Gasteiger charge is 2.28. The molecule has 1 amide bonds. The van der Waals surface area contributed by atoms with Crippen LogP contribution in [-0.2, 0) is 4.79 Å². The van der Waals surface area contributed by atoms with E-state index in [1.165, 1.54) is 37.4 Å². The maximum absolute atomic E-state index is 12.3. The minimum Gasteiger partial charge on any atom is -0.310 e. The van der Waals surface area contributed by atoms with Crippen LogP contribution in [0.3, 0.4) is 0 Å². The molecule has 2 aliphatic rings. The van der Waals surface area contributed by atoms with E-state index in [1.54, 1.807) is 6.20 Å². The number of hydrogen-bond acceptors (Lipinski definition) is 5. The van der Waals surface area contributed by atoms with Gasteiger partial charge in [0.1, 0.15) is 11.6 Å². The largest absolute Gasteiger partial charge is 0.310 e. The van der Waals surface area contributed by atoms with E-state index in [2.05, 4.69) is 25.2 Å². The summed E-state index contributed by atoms with van der Waals surface area (Å²) < 4.78 is 4.12.